The molecule has 1 saturated heterocycles. The lowest BCUT2D eigenvalue weighted by Gasteiger charge is -2.27. The van der Waals surface area contributed by atoms with Crippen LogP contribution >= 0.6 is 23.2 Å². The Balaban J connectivity index is 2.04. The van der Waals surface area contributed by atoms with Crippen LogP contribution in [0.3, 0.4) is 0 Å². The van der Waals surface area contributed by atoms with Crippen LogP contribution in [0.15, 0.2) is 54.1 Å². The van der Waals surface area contributed by atoms with Crippen molar-refractivity contribution >= 4 is 46.3 Å². The molecule has 1 unspecified atom stereocenters. The van der Waals surface area contributed by atoms with Gasteiger partial charge in [0.1, 0.15) is 16.5 Å². The molecule has 1 aliphatic rings. The molecule has 1 aliphatic heterocycles. The maximum Gasteiger partial charge on any atom is 0.300 e. The van der Waals surface area contributed by atoms with Crippen LogP contribution in [0.5, 0.6) is 17.2 Å². The van der Waals surface area contributed by atoms with Gasteiger partial charge in [-0.05, 0) is 54.8 Å². The highest BCUT2D eigenvalue weighted by molar-refractivity contribution is 6.52. The Labute approximate surface area is 224 Å². The highest BCUT2D eigenvalue weighted by Crippen LogP contribution is 2.48. The molecule has 1 atom stereocenters. The van der Waals surface area contributed by atoms with Gasteiger partial charge in [-0.1, -0.05) is 47.5 Å². The molecule has 0 radical (unpaired) electrons. The molecule has 37 heavy (non-hydrogen) atoms. The number of rotatable bonds is 6. The first kappa shape index (κ1) is 26.4. The van der Waals surface area contributed by atoms with Gasteiger partial charge in [0, 0.05) is 5.69 Å². The second-order valence-electron chi connectivity index (χ2n) is 8.45. The van der Waals surface area contributed by atoms with Gasteiger partial charge >= 0.3 is 0 Å². The van der Waals surface area contributed by atoms with Gasteiger partial charge in [-0.15, -0.1) is 0 Å². The van der Waals surface area contributed by atoms with Crippen molar-refractivity contribution in [3.63, 3.8) is 0 Å². The van der Waals surface area contributed by atoms with E-state index in [1.807, 2.05) is 26.0 Å². The van der Waals surface area contributed by atoms with Crippen LogP contribution in [-0.2, 0) is 9.59 Å². The zero-order valence-corrected chi connectivity index (χ0v) is 22.4. The van der Waals surface area contributed by atoms with Crippen molar-refractivity contribution in [1.29, 1.82) is 0 Å². The average molecular weight is 542 g/mol. The summed E-state index contributed by atoms with van der Waals surface area (Å²) >= 11 is 12.8. The third-order valence-electron chi connectivity index (χ3n) is 6.51. The van der Waals surface area contributed by atoms with E-state index in [0.717, 1.165) is 11.1 Å². The molecule has 0 bridgehead atoms. The van der Waals surface area contributed by atoms with Crippen molar-refractivity contribution in [3.05, 3.63) is 86.4 Å². The molecule has 0 aromatic heterocycles. The van der Waals surface area contributed by atoms with Gasteiger partial charge < -0.3 is 19.3 Å². The van der Waals surface area contributed by atoms with Crippen LogP contribution in [0.25, 0.3) is 5.76 Å². The number of carbonyl (C=O) groups excluding carboxylic acids is 2. The third kappa shape index (κ3) is 4.38. The van der Waals surface area contributed by atoms with E-state index in [1.54, 1.807) is 37.4 Å². The highest BCUT2D eigenvalue weighted by Gasteiger charge is 2.47. The fourth-order valence-electron chi connectivity index (χ4n) is 4.47. The number of hydrogen-bond donors (Lipinski definition) is 1. The maximum absolute atomic E-state index is 13.5. The summed E-state index contributed by atoms with van der Waals surface area (Å²) in [7, 11) is 4.30. The predicted octanol–water partition coefficient (Wildman–Crippen LogP) is 6.26. The lowest BCUT2D eigenvalue weighted by Crippen LogP contribution is -2.30. The minimum absolute atomic E-state index is 0.0174. The van der Waals surface area contributed by atoms with Crippen molar-refractivity contribution in [2.45, 2.75) is 19.9 Å². The van der Waals surface area contributed by atoms with Crippen molar-refractivity contribution in [3.8, 4) is 17.2 Å². The number of ether oxygens (including phenoxy) is 3. The summed E-state index contributed by atoms with van der Waals surface area (Å²) in [6.45, 7) is 3.80. The molecule has 0 spiro atoms. The molecule has 1 amide bonds. The predicted molar refractivity (Wildman–Crippen MR) is 143 cm³/mol. The van der Waals surface area contributed by atoms with Crippen molar-refractivity contribution < 1.29 is 28.9 Å². The molecular formula is C28H25Cl2NO6. The number of carbonyl (C=O) groups is 2. The first-order valence-corrected chi connectivity index (χ1v) is 12.0. The lowest BCUT2D eigenvalue weighted by atomic mass is 9.94. The molecule has 3 aromatic rings. The number of anilines is 1. The average Bonchev–Trinajstić information content (AvgIpc) is 3.15. The fourth-order valence-corrected chi connectivity index (χ4v) is 5.16. The fraction of sp³-hybridized carbons (Fsp3) is 0.214. The number of aliphatic hydroxyl groups excluding tert-OH is 1. The number of methoxy groups -OCH3 is 3. The molecule has 0 saturated carbocycles. The summed E-state index contributed by atoms with van der Waals surface area (Å²) in [5.41, 5.74) is 2.84. The SMILES string of the molecule is COc1ccc(C2/C(=C(\O)c3cc(Cl)c(OC)c(Cl)c3OC)C(=O)C(=O)N2c2cccc(C)c2C)cc1. The van der Waals surface area contributed by atoms with E-state index >= 15 is 0 Å². The highest BCUT2D eigenvalue weighted by atomic mass is 35.5. The second kappa shape index (κ2) is 10.4. The van der Waals surface area contributed by atoms with Gasteiger partial charge in [0.25, 0.3) is 11.7 Å². The Bertz CT molecular complexity index is 1430. The number of Topliss-reactive ketones (excluding diaryl/α,β-unsaturated/α-hetero) is 1. The van der Waals surface area contributed by atoms with Crippen LogP contribution in [0.4, 0.5) is 5.69 Å². The first-order chi connectivity index (χ1) is 17.7. The standard InChI is InChI=1S/C28H25Cl2NO6/c1-14-7-6-8-20(15(14)2)31-23(16-9-11-17(35-3)12-10-16)21(25(33)28(31)34)24(32)18-13-19(29)27(37-5)22(30)26(18)36-4/h6-13,23,32H,1-5H3/b24-21+. The number of nitrogens with zero attached hydrogens (tertiary/aromatic N) is 1. The monoisotopic (exact) mass is 541 g/mol. The second-order valence-corrected chi connectivity index (χ2v) is 9.23. The molecule has 3 aromatic carbocycles. The van der Waals surface area contributed by atoms with Crippen molar-refractivity contribution in [2.24, 2.45) is 0 Å². The van der Waals surface area contributed by atoms with E-state index in [9.17, 15) is 14.7 Å². The molecular weight excluding hydrogens is 517 g/mol. The van der Waals surface area contributed by atoms with E-state index in [0.29, 0.717) is 17.0 Å². The van der Waals surface area contributed by atoms with Crippen LogP contribution in [0.2, 0.25) is 10.0 Å². The minimum Gasteiger partial charge on any atom is -0.507 e. The molecule has 9 heteroatoms. The first-order valence-electron chi connectivity index (χ1n) is 11.3. The van der Waals surface area contributed by atoms with Gasteiger partial charge in [-0.2, -0.15) is 0 Å². The number of hydrogen-bond acceptors (Lipinski definition) is 6. The summed E-state index contributed by atoms with van der Waals surface area (Å²) < 4.78 is 16.0. The Hall–Kier alpha value is -3.68. The molecule has 1 N–H and O–H groups in total. The largest absolute Gasteiger partial charge is 0.507 e. The molecule has 1 fully saturated rings. The Morgan fingerprint density at radius 3 is 2.16 bits per heavy atom. The van der Waals surface area contributed by atoms with Crippen molar-refractivity contribution in [2.75, 3.05) is 26.2 Å². The van der Waals surface area contributed by atoms with E-state index in [-0.39, 0.29) is 32.7 Å². The Morgan fingerprint density at radius 1 is 0.919 bits per heavy atom. The van der Waals surface area contributed by atoms with Crippen LogP contribution in [0.1, 0.15) is 28.3 Å². The quantitative estimate of drug-likeness (QED) is 0.225. The summed E-state index contributed by atoms with van der Waals surface area (Å²) in [6, 6.07) is 12.9. The Kier molecular flexibility index (Phi) is 7.39. The topological polar surface area (TPSA) is 85.3 Å². The summed E-state index contributed by atoms with van der Waals surface area (Å²) in [5.74, 6) is -1.31. The van der Waals surface area contributed by atoms with Crippen LogP contribution < -0.4 is 19.1 Å². The molecule has 4 rings (SSSR count). The number of benzene rings is 3. The molecule has 1 heterocycles. The molecule has 0 aliphatic carbocycles. The Morgan fingerprint density at radius 2 is 1.57 bits per heavy atom. The summed E-state index contributed by atoms with van der Waals surface area (Å²) in [4.78, 5) is 28.4. The number of aliphatic hydroxyl groups is 1. The third-order valence-corrected chi connectivity index (χ3v) is 7.13. The van der Waals surface area contributed by atoms with Gasteiger partial charge in [-0.3, -0.25) is 14.5 Å². The number of aryl methyl sites for hydroxylation is 1. The van der Waals surface area contributed by atoms with Gasteiger partial charge in [0.2, 0.25) is 0 Å². The van der Waals surface area contributed by atoms with Crippen LogP contribution in [0, 0.1) is 13.8 Å². The van der Waals surface area contributed by atoms with Crippen molar-refractivity contribution in [1.82, 2.24) is 0 Å². The number of halogens is 2. The maximum atomic E-state index is 13.5. The molecule has 192 valence electrons. The zero-order valence-electron chi connectivity index (χ0n) is 20.9. The minimum atomic E-state index is -0.948. The van der Waals surface area contributed by atoms with E-state index in [4.69, 9.17) is 37.4 Å². The smallest absolute Gasteiger partial charge is 0.300 e. The van der Waals surface area contributed by atoms with E-state index in [1.165, 1.54) is 25.2 Å². The van der Waals surface area contributed by atoms with Gasteiger partial charge in [0.05, 0.1) is 43.5 Å². The van der Waals surface area contributed by atoms with E-state index < -0.39 is 23.5 Å². The van der Waals surface area contributed by atoms with Gasteiger partial charge in [0.15, 0.2) is 11.5 Å². The number of amides is 1. The molecule has 7 nitrogen and oxygen atoms in total. The van der Waals surface area contributed by atoms with Gasteiger partial charge in [-0.25, -0.2) is 0 Å². The zero-order chi connectivity index (χ0) is 27.0. The van der Waals surface area contributed by atoms with E-state index in [2.05, 4.69) is 0 Å². The van der Waals surface area contributed by atoms with Crippen LogP contribution in [-0.4, -0.2) is 38.1 Å². The number of ketones is 1. The normalized spacial score (nSPS) is 16.7. The lowest BCUT2D eigenvalue weighted by molar-refractivity contribution is -0.132. The summed E-state index contributed by atoms with van der Waals surface area (Å²) in [5, 5.41) is 11.7. The summed E-state index contributed by atoms with van der Waals surface area (Å²) in [6.07, 6.45) is 0.